The van der Waals surface area contributed by atoms with E-state index in [-0.39, 0.29) is 6.03 Å². The lowest BCUT2D eigenvalue weighted by atomic mass is 10.1. The summed E-state index contributed by atoms with van der Waals surface area (Å²) < 4.78 is 12.7. The van der Waals surface area contributed by atoms with Crippen molar-refractivity contribution in [3.63, 3.8) is 0 Å². The number of urea groups is 1. The summed E-state index contributed by atoms with van der Waals surface area (Å²) in [4.78, 5) is 20.5. The van der Waals surface area contributed by atoms with Crippen LogP contribution >= 0.6 is 0 Å². The Labute approximate surface area is 137 Å². The van der Waals surface area contributed by atoms with Crippen molar-refractivity contribution in [2.45, 2.75) is 13.8 Å². The van der Waals surface area contributed by atoms with Crippen molar-refractivity contribution in [3.05, 3.63) is 24.1 Å². The Morgan fingerprint density at radius 2 is 2.00 bits per heavy atom. The van der Waals surface area contributed by atoms with E-state index >= 15 is 0 Å². The fourth-order valence-corrected chi connectivity index (χ4v) is 2.67. The van der Waals surface area contributed by atoms with Gasteiger partial charge in [0.2, 0.25) is 0 Å². The molecule has 1 aromatic heterocycles. The minimum Gasteiger partial charge on any atom is -0.338 e. The SMILES string of the molecule is CCN1CCN(CC(C)CNC(=O)Nc2ccc(F)cn2)CC1. The van der Waals surface area contributed by atoms with Gasteiger partial charge in [-0.15, -0.1) is 0 Å². The van der Waals surface area contributed by atoms with Crippen LogP contribution < -0.4 is 10.6 Å². The number of rotatable bonds is 6. The molecular weight excluding hydrogens is 297 g/mol. The first kappa shape index (κ1) is 17.6. The number of hydrogen-bond acceptors (Lipinski definition) is 4. The number of aromatic nitrogens is 1. The molecule has 1 unspecified atom stereocenters. The molecule has 6 nitrogen and oxygen atoms in total. The molecule has 1 aliphatic rings. The number of likely N-dealkylation sites (N-methyl/N-ethyl adjacent to an activating group) is 1. The molecule has 7 heteroatoms. The summed E-state index contributed by atoms with van der Waals surface area (Å²) in [5, 5.41) is 5.43. The average Bonchev–Trinajstić information content (AvgIpc) is 2.56. The number of halogens is 1. The zero-order valence-corrected chi connectivity index (χ0v) is 13.9. The van der Waals surface area contributed by atoms with Crippen molar-refractivity contribution in [3.8, 4) is 0 Å². The van der Waals surface area contributed by atoms with Gasteiger partial charge in [0.1, 0.15) is 11.6 Å². The van der Waals surface area contributed by atoms with E-state index in [0.29, 0.717) is 18.3 Å². The van der Waals surface area contributed by atoms with Gasteiger partial charge in [-0.1, -0.05) is 13.8 Å². The van der Waals surface area contributed by atoms with E-state index in [1.54, 1.807) is 0 Å². The maximum Gasteiger partial charge on any atom is 0.320 e. The van der Waals surface area contributed by atoms with E-state index in [9.17, 15) is 9.18 Å². The molecule has 1 aliphatic heterocycles. The molecule has 2 rings (SSSR count). The molecule has 0 spiro atoms. The van der Waals surface area contributed by atoms with Gasteiger partial charge in [-0.25, -0.2) is 14.2 Å². The first-order valence-electron chi connectivity index (χ1n) is 8.18. The van der Waals surface area contributed by atoms with Gasteiger partial charge in [-0.2, -0.15) is 0 Å². The third-order valence-corrected chi connectivity index (χ3v) is 4.06. The second kappa shape index (κ2) is 8.79. The average molecular weight is 323 g/mol. The van der Waals surface area contributed by atoms with Crippen LogP contribution in [0.3, 0.4) is 0 Å². The summed E-state index contributed by atoms with van der Waals surface area (Å²) in [5.74, 6) is 0.287. The molecule has 2 amide bonds. The van der Waals surface area contributed by atoms with Crippen LogP contribution in [0.25, 0.3) is 0 Å². The van der Waals surface area contributed by atoms with E-state index in [0.717, 1.165) is 45.5 Å². The van der Waals surface area contributed by atoms with Crippen LogP contribution in [0.4, 0.5) is 15.0 Å². The highest BCUT2D eigenvalue weighted by Crippen LogP contribution is 2.06. The Morgan fingerprint density at radius 3 is 2.61 bits per heavy atom. The summed E-state index contributed by atoms with van der Waals surface area (Å²) in [7, 11) is 0. The largest absolute Gasteiger partial charge is 0.338 e. The molecule has 0 radical (unpaired) electrons. The third-order valence-electron chi connectivity index (χ3n) is 4.06. The molecule has 0 aromatic carbocycles. The predicted molar refractivity (Wildman–Crippen MR) is 88.9 cm³/mol. The number of hydrogen-bond donors (Lipinski definition) is 2. The third kappa shape index (κ3) is 6.11. The Hall–Kier alpha value is -1.73. The summed E-state index contributed by atoms with van der Waals surface area (Å²) in [5.41, 5.74) is 0. The second-order valence-electron chi connectivity index (χ2n) is 6.04. The van der Waals surface area contributed by atoms with Crippen LogP contribution in [0, 0.1) is 11.7 Å². The minimum absolute atomic E-state index is 0.313. The van der Waals surface area contributed by atoms with Crippen LogP contribution in [0.2, 0.25) is 0 Å². The first-order valence-corrected chi connectivity index (χ1v) is 8.18. The molecular formula is C16H26FN5O. The predicted octanol–water partition coefficient (Wildman–Crippen LogP) is 1.62. The fourth-order valence-electron chi connectivity index (χ4n) is 2.67. The molecule has 1 atom stereocenters. The Bertz CT molecular complexity index is 488. The Kier molecular flexibility index (Phi) is 6.73. The molecule has 1 fully saturated rings. The molecule has 0 saturated carbocycles. The molecule has 0 aliphatic carbocycles. The zero-order chi connectivity index (χ0) is 16.7. The molecule has 128 valence electrons. The molecule has 1 saturated heterocycles. The fraction of sp³-hybridized carbons (Fsp3) is 0.625. The van der Waals surface area contributed by atoms with Crippen molar-refractivity contribution >= 4 is 11.8 Å². The van der Waals surface area contributed by atoms with E-state index in [4.69, 9.17) is 0 Å². The van der Waals surface area contributed by atoms with Gasteiger partial charge < -0.3 is 15.1 Å². The van der Waals surface area contributed by atoms with Crippen molar-refractivity contribution in [2.75, 3.05) is 51.1 Å². The van der Waals surface area contributed by atoms with Gasteiger partial charge in [0.05, 0.1) is 6.20 Å². The number of anilines is 1. The van der Waals surface area contributed by atoms with Crippen LogP contribution in [-0.4, -0.2) is 66.6 Å². The number of carbonyl (C=O) groups is 1. The first-order chi connectivity index (χ1) is 11.1. The lowest BCUT2D eigenvalue weighted by molar-refractivity contribution is 0.124. The molecule has 1 aromatic rings. The van der Waals surface area contributed by atoms with Gasteiger partial charge in [0.25, 0.3) is 0 Å². The van der Waals surface area contributed by atoms with Crippen molar-refractivity contribution in [1.29, 1.82) is 0 Å². The summed E-state index contributed by atoms with van der Waals surface area (Å²) in [6.07, 6.45) is 1.08. The zero-order valence-electron chi connectivity index (χ0n) is 13.9. The van der Waals surface area contributed by atoms with Crippen LogP contribution in [-0.2, 0) is 0 Å². The monoisotopic (exact) mass is 323 g/mol. The second-order valence-corrected chi connectivity index (χ2v) is 6.04. The molecule has 0 bridgehead atoms. The topological polar surface area (TPSA) is 60.5 Å². The summed E-state index contributed by atoms with van der Waals surface area (Å²) >= 11 is 0. The summed E-state index contributed by atoms with van der Waals surface area (Å²) in [6, 6.07) is 2.39. The van der Waals surface area contributed by atoms with Gasteiger partial charge in [0.15, 0.2) is 0 Å². The number of carbonyl (C=O) groups excluding carboxylic acids is 1. The number of nitrogens with one attached hydrogen (secondary N) is 2. The Morgan fingerprint density at radius 1 is 1.30 bits per heavy atom. The van der Waals surface area contributed by atoms with Gasteiger partial charge in [-0.05, 0) is 24.6 Å². The molecule has 2 N–H and O–H groups in total. The number of amides is 2. The lowest BCUT2D eigenvalue weighted by Crippen LogP contribution is -2.48. The normalized spacial score (nSPS) is 17.7. The highest BCUT2D eigenvalue weighted by molar-refractivity contribution is 5.88. The smallest absolute Gasteiger partial charge is 0.320 e. The van der Waals surface area contributed by atoms with Crippen LogP contribution in [0.15, 0.2) is 18.3 Å². The van der Waals surface area contributed by atoms with E-state index in [1.165, 1.54) is 12.1 Å². The number of piperazine rings is 1. The van der Waals surface area contributed by atoms with Gasteiger partial charge >= 0.3 is 6.03 Å². The van der Waals surface area contributed by atoms with Gasteiger partial charge in [-0.3, -0.25) is 5.32 Å². The van der Waals surface area contributed by atoms with E-state index in [2.05, 4.69) is 39.3 Å². The maximum absolute atomic E-state index is 12.7. The van der Waals surface area contributed by atoms with Crippen LogP contribution in [0.1, 0.15) is 13.8 Å². The van der Waals surface area contributed by atoms with E-state index < -0.39 is 5.82 Å². The van der Waals surface area contributed by atoms with Crippen LogP contribution in [0.5, 0.6) is 0 Å². The Balaban J connectivity index is 1.64. The maximum atomic E-state index is 12.7. The summed E-state index contributed by atoms with van der Waals surface area (Å²) in [6.45, 7) is 11.4. The molecule has 2 heterocycles. The van der Waals surface area contributed by atoms with Gasteiger partial charge in [0, 0.05) is 39.3 Å². The highest BCUT2D eigenvalue weighted by atomic mass is 19.1. The van der Waals surface area contributed by atoms with Crippen molar-refractivity contribution in [1.82, 2.24) is 20.1 Å². The van der Waals surface area contributed by atoms with Crippen molar-refractivity contribution in [2.24, 2.45) is 5.92 Å². The van der Waals surface area contributed by atoms with E-state index in [1.807, 2.05) is 0 Å². The number of pyridine rings is 1. The lowest BCUT2D eigenvalue weighted by Gasteiger charge is -2.35. The quantitative estimate of drug-likeness (QED) is 0.835. The standard InChI is InChI=1S/C16H26FN5O/c1-3-21-6-8-22(9-7-21)12-13(2)10-19-16(23)20-15-5-4-14(17)11-18-15/h4-5,11,13H,3,6-10,12H2,1-2H3,(H2,18,19,20,23). The minimum atomic E-state index is -0.423. The van der Waals surface area contributed by atoms with Crippen molar-refractivity contribution < 1.29 is 9.18 Å². The number of nitrogens with zero attached hydrogens (tertiary/aromatic N) is 3. The molecule has 23 heavy (non-hydrogen) atoms. The highest BCUT2D eigenvalue weighted by Gasteiger charge is 2.17.